The molecule has 26 heavy (non-hydrogen) atoms. The fourth-order valence-corrected chi connectivity index (χ4v) is 2.67. The lowest BCUT2D eigenvalue weighted by molar-refractivity contribution is 0.0742. The molecule has 3 rings (SSSR count). The highest BCUT2D eigenvalue weighted by atomic mass is 16.5. The number of carbonyl (C=O) groups is 1. The van der Waals surface area contributed by atoms with Crippen molar-refractivity contribution < 1.29 is 9.53 Å². The number of benzene rings is 2. The lowest BCUT2D eigenvalue weighted by Crippen LogP contribution is -2.29. The summed E-state index contributed by atoms with van der Waals surface area (Å²) in [6, 6.07) is 21.1. The number of pyridine rings is 1. The Kier molecular flexibility index (Phi) is 5.64. The monoisotopic (exact) mass is 346 g/mol. The minimum absolute atomic E-state index is 0.00585. The van der Waals surface area contributed by atoms with Crippen LogP contribution in [0.4, 0.5) is 0 Å². The number of rotatable bonds is 6. The quantitative estimate of drug-likeness (QED) is 0.660. The minimum atomic E-state index is -0.0120. The summed E-state index contributed by atoms with van der Waals surface area (Å²) in [5.41, 5.74) is 2.81. The van der Waals surface area contributed by atoms with E-state index in [1.165, 1.54) is 0 Å². The lowest BCUT2D eigenvalue weighted by Gasteiger charge is -2.25. The number of aromatic nitrogens is 1. The van der Waals surface area contributed by atoms with Gasteiger partial charge in [0.05, 0.1) is 6.04 Å². The summed E-state index contributed by atoms with van der Waals surface area (Å²) in [7, 11) is 1.83. The molecule has 0 aliphatic heterocycles. The summed E-state index contributed by atoms with van der Waals surface area (Å²) in [6.07, 6.45) is 3.48. The SMILES string of the molecule is C[C@@H](c1ccccc1)N(C)C(=O)c1ccc(OCc2ccncc2)cc1. The predicted molar refractivity (Wildman–Crippen MR) is 102 cm³/mol. The molecule has 0 spiro atoms. The van der Waals surface area contributed by atoms with E-state index < -0.39 is 0 Å². The van der Waals surface area contributed by atoms with E-state index in [9.17, 15) is 4.79 Å². The van der Waals surface area contributed by atoms with Gasteiger partial charge in [0.2, 0.25) is 0 Å². The molecule has 1 amide bonds. The van der Waals surface area contributed by atoms with E-state index in [4.69, 9.17) is 4.74 Å². The molecule has 1 heterocycles. The standard InChI is InChI=1S/C22H22N2O2/c1-17(19-6-4-3-5-7-19)24(2)22(25)20-8-10-21(11-9-20)26-16-18-12-14-23-15-13-18/h3-15,17H,16H2,1-2H3/t17-/m0/s1. The first-order valence-electron chi connectivity index (χ1n) is 8.59. The second kappa shape index (κ2) is 8.30. The van der Waals surface area contributed by atoms with Gasteiger partial charge in [0.25, 0.3) is 5.91 Å². The van der Waals surface area contributed by atoms with Crippen LogP contribution in [0.1, 0.15) is 34.5 Å². The number of ether oxygens (including phenoxy) is 1. The maximum absolute atomic E-state index is 12.7. The van der Waals surface area contributed by atoms with Gasteiger partial charge in [0.15, 0.2) is 0 Å². The Balaban J connectivity index is 1.63. The largest absolute Gasteiger partial charge is 0.489 e. The van der Waals surface area contributed by atoms with Crippen molar-refractivity contribution in [3.63, 3.8) is 0 Å². The third-order valence-corrected chi connectivity index (χ3v) is 4.44. The molecule has 0 aliphatic carbocycles. The average molecular weight is 346 g/mol. The first kappa shape index (κ1) is 17.7. The highest BCUT2D eigenvalue weighted by Gasteiger charge is 2.18. The Morgan fingerprint density at radius 1 is 1.00 bits per heavy atom. The van der Waals surface area contributed by atoms with Gasteiger partial charge in [-0.1, -0.05) is 30.3 Å². The van der Waals surface area contributed by atoms with Crippen LogP contribution in [0.3, 0.4) is 0 Å². The van der Waals surface area contributed by atoms with E-state index >= 15 is 0 Å². The fourth-order valence-electron chi connectivity index (χ4n) is 2.67. The van der Waals surface area contributed by atoms with E-state index in [-0.39, 0.29) is 11.9 Å². The predicted octanol–water partition coefficient (Wildman–Crippen LogP) is 4.49. The molecule has 0 aliphatic rings. The van der Waals surface area contributed by atoms with Crippen LogP contribution in [0.5, 0.6) is 5.75 Å². The van der Waals surface area contributed by atoms with Gasteiger partial charge in [-0.2, -0.15) is 0 Å². The van der Waals surface area contributed by atoms with Crippen LogP contribution < -0.4 is 4.74 Å². The molecule has 0 saturated carbocycles. The van der Waals surface area contributed by atoms with Crippen molar-refractivity contribution >= 4 is 5.91 Å². The van der Waals surface area contributed by atoms with Crippen molar-refractivity contribution in [2.24, 2.45) is 0 Å². The fraction of sp³-hybridized carbons (Fsp3) is 0.182. The zero-order valence-corrected chi connectivity index (χ0v) is 15.0. The molecular formula is C22H22N2O2. The molecule has 1 aromatic heterocycles. The molecule has 3 aromatic rings. The van der Waals surface area contributed by atoms with Gasteiger partial charge in [-0.15, -0.1) is 0 Å². The summed E-state index contributed by atoms with van der Waals surface area (Å²) >= 11 is 0. The zero-order valence-electron chi connectivity index (χ0n) is 15.0. The van der Waals surface area contributed by atoms with E-state index in [1.807, 2.05) is 68.6 Å². The number of hydrogen-bond acceptors (Lipinski definition) is 3. The van der Waals surface area contributed by atoms with Gasteiger partial charge in [0.1, 0.15) is 12.4 Å². The highest BCUT2D eigenvalue weighted by Crippen LogP contribution is 2.21. The molecule has 2 aromatic carbocycles. The molecule has 0 radical (unpaired) electrons. The molecule has 4 heteroatoms. The second-order valence-electron chi connectivity index (χ2n) is 6.17. The Bertz CT molecular complexity index is 833. The van der Waals surface area contributed by atoms with Crippen molar-refractivity contribution in [2.75, 3.05) is 7.05 Å². The summed E-state index contributed by atoms with van der Waals surface area (Å²) in [5.74, 6) is 0.721. The van der Waals surface area contributed by atoms with Crippen LogP contribution in [-0.4, -0.2) is 22.8 Å². The molecule has 0 unspecified atom stereocenters. The normalized spacial score (nSPS) is 11.6. The second-order valence-corrected chi connectivity index (χ2v) is 6.17. The summed E-state index contributed by atoms with van der Waals surface area (Å²) in [6.45, 7) is 2.50. The highest BCUT2D eigenvalue weighted by molar-refractivity contribution is 5.94. The molecule has 0 N–H and O–H groups in total. The maximum Gasteiger partial charge on any atom is 0.254 e. The topological polar surface area (TPSA) is 42.4 Å². The first-order valence-corrected chi connectivity index (χ1v) is 8.59. The van der Waals surface area contributed by atoms with Crippen molar-refractivity contribution in [3.05, 3.63) is 95.8 Å². The maximum atomic E-state index is 12.7. The number of hydrogen-bond donors (Lipinski definition) is 0. The molecule has 0 fully saturated rings. The molecule has 0 bridgehead atoms. The van der Waals surface area contributed by atoms with Gasteiger partial charge < -0.3 is 9.64 Å². The Morgan fingerprint density at radius 2 is 1.65 bits per heavy atom. The Morgan fingerprint density at radius 3 is 2.31 bits per heavy atom. The minimum Gasteiger partial charge on any atom is -0.489 e. The van der Waals surface area contributed by atoms with E-state index in [0.29, 0.717) is 12.2 Å². The first-order chi connectivity index (χ1) is 12.6. The van der Waals surface area contributed by atoms with Crippen LogP contribution in [0.15, 0.2) is 79.1 Å². The van der Waals surface area contributed by atoms with Crippen LogP contribution in [0.25, 0.3) is 0 Å². The zero-order chi connectivity index (χ0) is 18.4. The lowest BCUT2D eigenvalue weighted by atomic mass is 10.1. The van der Waals surface area contributed by atoms with Gasteiger partial charge >= 0.3 is 0 Å². The van der Waals surface area contributed by atoms with Crippen LogP contribution in [-0.2, 0) is 6.61 Å². The van der Waals surface area contributed by atoms with Crippen molar-refractivity contribution in [2.45, 2.75) is 19.6 Å². The van der Waals surface area contributed by atoms with Crippen LogP contribution in [0, 0.1) is 0 Å². The summed E-state index contributed by atoms with van der Waals surface area (Å²) in [4.78, 5) is 18.5. The van der Waals surface area contributed by atoms with Gasteiger partial charge in [-0.25, -0.2) is 0 Å². The van der Waals surface area contributed by atoms with Crippen molar-refractivity contribution in [3.8, 4) is 5.75 Å². The van der Waals surface area contributed by atoms with Crippen molar-refractivity contribution in [1.82, 2.24) is 9.88 Å². The third kappa shape index (κ3) is 4.28. The number of nitrogens with zero attached hydrogens (tertiary/aromatic N) is 2. The molecule has 0 saturated heterocycles. The molecule has 4 nitrogen and oxygen atoms in total. The van der Waals surface area contributed by atoms with Crippen molar-refractivity contribution in [1.29, 1.82) is 0 Å². The van der Waals surface area contributed by atoms with Crippen LogP contribution in [0.2, 0.25) is 0 Å². The van der Waals surface area contributed by atoms with Crippen LogP contribution >= 0.6 is 0 Å². The molecule has 1 atom stereocenters. The van der Waals surface area contributed by atoms with Gasteiger partial charge in [-0.3, -0.25) is 9.78 Å². The Labute approximate surface area is 154 Å². The van der Waals surface area contributed by atoms with E-state index in [1.54, 1.807) is 29.4 Å². The smallest absolute Gasteiger partial charge is 0.254 e. The summed E-state index contributed by atoms with van der Waals surface area (Å²) < 4.78 is 5.75. The average Bonchev–Trinajstić information content (AvgIpc) is 2.72. The Hall–Kier alpha value is -3.14. The van der Waals surface area contributed by atoms with E-state index in [2.05, 4.69) is 4.98 Å². The number of amides is 1. The number of carbonyl (C=O) groups excluding carboxylic acids is 1. The van der Waals surface area contributed by atoms with Gasteiger partial charge in [0, 0.05) is 25.0 Å². The molecule has 132 valence electrons. The summed E-state index contributed by atoms with van der Waals surface area (Å²) in [5, 5.41) is 0. The third-order valence-electron chi connectivity index (χ3n) is 4.44. The van der Waals surface area contributed by atoms with E-state index in [0.717, 1.165) is 16.9 Å². The molecular weight excluding hydrogens is 324 g/mol. The van der Waals surface area contributed by atoms with Gasteiger partial charge in [-0.05, 0) is 54.4 Å².